The minimum atomic E-state index is -0.0441. The van der Waals surface area contributed by atoms with Crippen molar-refractivity contribution in [3.05, 3.63) is 26.6 Å². The van der Waals surface area contributed by atoms with E-state index >= 15 is 0 Å². The maximum atomic E-state index is 12.5. The van der Waals surface area contributed by atoms with Crippen molar-refractivity contribution in [3.63, 3.8) is 0 Å². The highest BCUT2D eigenvalue weighted by Crippen LogP contribution is 2.33. The lowest BCUT2D eigenvalue weighted by molar-refractivity contribution is -0.130. The molecule has 0 saturated carbocycles. The standard InChI is InChI=1S/C18H25N3O2S/c1-11(2)10-21(3)15(22)9-8-14-19-17(23)16-12-6-4-5-7-13(12)24-18(16)20-14/h11H,4-10H2,1-3H3,(H,19,20,23). The van der Waals surface area contributed by atoms with Gasteiger partial charge in [0.05, 0.1) is 5.39 Å². The Morgan fingerprint density at radius 3 is 2.83 bits per heavy atom. The lowest BCUT2D eigenvalue weighted by Gasteiger charge is -2.19. The molecule has 0 unspecified atom stereocenters. The van der Waals surface area contributed by atoms with Gasteiger partial charge in [0.2, 0.25) is 5.91 Å². The summed E-state index contributed by atoms with van der Waals surface area (Å²) in [7, 11) is 1.83. The highest BCUT2D eigenvalue weighted by Gasteiger charge is 2.20. The molecule has 2 aromatic rings. The number of carbonyl (C=O) groups is 1. The molecule has 1 aliphatic carbocycles. The maximum Gasteiger partial charge on any atom is 0.259 e. The summed E-state index contributed by atoms with van der Waals surface area (Å²) in [5, 5.41) is 0.779. The number of aromatic nitrogens is 2. The summed E-state index contributed by atoms with van der Waals surface area (Å²) < 4.78 is 0. The third-order valence-corrected chi connectivity index (χ3v) is 5.70. The fourth-order valence-electron chi connectivity index (χ4n) is 3.39. The monoisotopic (exact) mass is 347 g/mol. The van der Waals surface area contributed by atoms with E-state index in [4.69, 9.17) is 0 Å². The molecule has 0 aromatic carbocycles. The molecule has 0 aliphatic heterocycles. The van der Waals surface area contributed by atoms with E-state index in [1.54, 1.807) is 16.2 Å². The van der Waals surface area contributed by atoms with Gasteiger partial charge in [0, 0.05) is 31.3 Å². The molecule has 24 heavy (non-hydrogen) atoms. The molecule has 5 nitrogen and oxygen atoms in total. The van der Waals surface area contributed by atoms with E-state index in [0.717, 1.165) is 36.0 Å². The van der Waals surface area contributed by atoms with Crippen LogP contribution < -0.4 is 5.56 Å². The fourth-order valence-corrected chi connectivity index (χ4v) is 4.67. The number of aromatic amines is 1. The first-order chi connectivity index (χ1) is 11.5. The van der Waals surface area contributed by atoms with Crippen LogP contribution in [0.5, 0.6) is 0 Å². The zero-order valence-corrected chi connectivity index (χ0v) is 15.5. The Labute approximate surface area is 146 Å². The molecular weight excluding hydrogens is 322 g/mol. The first kappa shape index (κ1) is 17.1. The molecule has 0 saturated heterocycles. The van der Waals surface area contributed by atoms with Crippen LogP contribution in [0, 0.1) is 5.92 Å². The number of fused-ring (bicyclic) bond motifs is 3. The zero-order chi connectivity index (χ0) is 17.3. The van der Waals surface area contributed by atoms with Crippen LogP contribution in [0.4, 0.5) is 0 Å². The molecule has 0 fully saturated rings. The summed E-state index contributed by atoms with van der Waals surface area (Å²) in [6, 6.07) is 0. The van der Waals surface area contributed by atoms with Gasteiger partial charge < -0.3 is 9.88 Å². The van der Waals surface area contributed by atoms with Crippen LogP contribution in [0.15, 0.2) is 4.79 Å². The normalized spacial score (nSPS) is 14.2. The molecule has 0 spiro atoms. The van der Waals surface area contributed by atoms with E-state index in [9.17, 15) is 9.59 Å². The number of nitrogens with one attached hydrogen (secondary N) is 1. The smallest absolute Gasteiger partial charge is 0.259 e. The average Bonchev–Trinajstić information content (AvgIpc) is 2.90. The van der Waals surface area contributed by atoms with Crippen molar-refractivity contribution in [2.24, 2.45) is 5.92 Å². The maximum absolute atomic E-state index is 12.5. The van der Waals surface area contributed by atoms with Crippen molar-refractivity contribution < 1.29 is 4.79 Å². The Balaban J connectivity index is 1.76. The minimum Gasteiger partial charge on any atom is -0.345 e. The topological polar surface area (TPSA) is 66.1 Å². The van der Waals surface area contributed by atoms with E-state index in [1.807, 2.05) is 7.05 Å². The predicted octanol–water partition coefficient (Wildman–Crippen LogP) is 2.91. The summed E-state index contributed by atoms with van der Waals surface area (Å²) in [6.45, 7) is 4.93. The van der Waals surface area contributed by atoms with E-state index < -0.39 is 0 Å². The molecule has 6 heteroatoms. The SMILES string of the molecule is CC(C)CN(C)C(=O)CCc1nc2sc3c(c2c(=O)[nH]1)CCCC3. The van der Waals surface area contributed by atoms with Crippen molar-refractivity contribution in [2.45, 2.75) is 52.4 Å². The highest BCUT2D eigenvalue weighted by atomic mass is 32.1. The number of hydrogen-bond acceptors (Lipinski definition) is 4. The molecule has 130 valence electrons. The number of nitrogens with zero attached hydrogens (tertiary/aromatic N) is 2. The van der Waals surface area contributed by atoms with Gasteiger partial charge in [-0.05, 0) is 37.2 Å². The van der Waals surface area contributed by atoms with E-state index in [2.05, 4.69) is 23.8 Å². The summed E-state index contributed by atoms with van der Waals surface area (Å²) >= 11 is 1.65. The van der Waals surface area contributed by atoms with Crippen molar-refractivity contribution in [3.8, 4) is 0 Å². The lowest BCUT2D eigenvalue weighted by atomic mass is 9.97. The van der Waals surface area contributed by atoms with Gasteiger partial charge in [-0.2, -0.15) is 0 Å². The average molecular weight is 347 g/mol. The zero-order valence-electron chi connectivity index (χ0n) is 14.6. The largest absolute Gasteiger partial charge is 0.345 e. The molecule has 3 rings (SSSR count). The van der Waals surface area contributed by atoms with Crippen molar-refractivity contribution in [1.82, 2.24) is 14.9 Å². The Hall–Kier alpha value is -1.69. The number of rotatable bonds is 5. The van der Waals surface area contributed by atoms with Crippen molar-refractivity contribution in [2.75, 3.05) is 13.6 Å². The van der Waals surface area contributed by atoms with Crippen LogP contribution in [0.1, 0.15) is 49.4 Å². The number of carbonyl (C=O) groups excluding carboxylic acids is 1. The van der Waals surface area contributed by atoms with Crippen molar-refractivity contribution >= 4 is 27.5 Å². The first-order valence-corrected chi connectivity index (χ1v) is 9.54. The summed E-state index contributed by atoms with van der Waals surface area (Å²) in [6.07, 6.45) is 5.25. The number of thiophene rings is 1. The molecular formula is C18H25N3O2S. The van der Waals surface area contributed by atoms with Gasteiger partial charge in [0.25, 0.3) is 5.56 Å². The number of amides is 1. The van der Waals surface area contributed by atoms with Crippen LogP contribution in [0.2, 0.25) is 0 Å². The molecule has 0 radical (unpaired) electrons. The predicted molar refractivity (Wildman–Crippen MR) is 97.7 cm³/mol. The summed E-state index contributed by atoms with van der Waals surface area (Å²) in [5.74, 6) is 1.17. The minimum absolute atomic E-state index is 0.0441. The summed E-state index contributed by atoms with van der Waals surface area (Å²) in [5.41, 5.74) is 1.16. The van der Waals surface area contributed by atoms with Crippen LogP contribution in [0.3, 0.4) is 0 Å². The molecule has 1 N–H and O–H groups in total. The van der Waals surface area contributed by atoms with Gasteiger partial charge in [0.1, 0.15) is 10.7 Å². The van der Waals surface area contributed by atoms with Gasteiger partial charge >= 0.3 is 0 Å². The third kappa shape index (κ3) is 3.53. The van der Waals surface area contributed by atoms with E-state index in [0.29, 0.717) is 24.6 Å². The quantitative estimate of drug-likeness (QED) is 0.904. The lowest BCUT2D eigenvalue weighted by Crippen LogP contribution is -2.30. The Morgan fingerprint density at radius 1 is 1.33 bits per heavy atom. The number of aryl methyl sites for hydroxylation is 3. The van der Waals surface area contributed by atoms with Crippen LogP contribution in [-0.2, 0) is 24.1 Å². The Bertz CT molecular complexity index is 806. The Kier molecular flexibility index (Phi) is 5.04. The van der Waals surface area contributed by atoms with Crippen LogP contribution in [-0.4, -0.2) is 34.4 Å². The van der Waals surface area contributed by atoms with Gasteiger partial charge in [0.15, 0.2) is 0 Å². The van der Waals surface area contributed by atoms with Crippen LogP contribution >= 0.6 is 11.3 Å². The van der Waals surface area contributed by atoms with Gasteiger partial charge in [-0.3, -0.25) is 9.59 Å². The van der Waals surface area contributed by atoms with Crippen LogP contribution in [0.25, 0.3) is 10.2 Å². The second-order valence-electron chi connectivity index (χ2n) is 7.07. The van der Waals surface area contributed by atoms with Gasteiger partial charge in [-0.15, -0.1) is 11.3 Å². The third-order valence-electron chi connectivity index (χ3n) is 4.51. The molecule has 0 bridgehead atoms. The second kappa shape index (κ2) is 7.05. The highest BCUT2D eigenvalue weighted by molar-refractivity contribution is 7.18. The van der Waals surface area contributed by atoms with Gasteiger partial charge in [-0.1, -0.05) is 13.8 Å². The molecule has 1 amide bonds. The van der Waals surface area contributed by atoms with E-state index in [1.165, 1.54) is 16.9 Å². The first-order valence-electron chi connectivity index (χ1n) is 8.73. The van der Waals surface area contributed by atoms with E-state index in [-0.39, 0.29) is 11.5 Å². The fraction of sp³-hybridized carbons (Fsp3) is 0.611. The summed E-state index contributed by atoms with van der Waals surface area (Å²) in [4.78, 5) is 36.1. The van der Waals surface area contributed by atoms with Gasteiger partial charge in [-0.25, -0.2) is 4.98 Å². The molecule has 1 aliphatic rings. The molecule has 2 aromatic heterocycles. The Morgan fingerprint density at radius 2 is 2.08 bits per heavy atom. The number of H-pyrrole nitrogens is 1. The van der Waals surface area contributed by atoms with Crippen molar-refractivity contribution in [1.29, 1.82) is 0 Å². The second-order valence-corrected chi connectivity index (χ2v) is 8.16. The molecule has 2 heterocycles. The molecule has 0 atom stereocenters. The number of hydrogen-bond donors (Lipinski definition) is 1.